The van der Waals surface area contributed by atoms with E-state index in [1.54, 1.807) is 13.8 Å². The molecule has 84 valence electrons. The second kappa shape index (κ2) is 5.14. The van der Waals surface area contributed by atoms with Gasteiger partial charge in [0.15, 0.2) is 0 Å². The average molecular weight is 209 g/mol. The van der Waals surface area contributed by atoms with E-state index in [0.717, 1.165) is 12.3 Å². The number of rotatable bonds is 5. The number of aliphatic hydroxyl groups is 1. The summed E-state index contributed by atoms with van der Waals surface area (Å²) in [6.07, 6.45) is 0. The maximum Gasteiger partial charge on any atom is 0.119 e. The lowest BCUT2D eigenvalue weighted by molar-refractivity contribution is 0.0285. The quantitative estimate of drug-likeness (QED) is 0.773. The van der Waals surface area contributed by atoms with Crippen LogP contribution in [0.5, 0.6) is 5.75 Å². The van der Waals surface area contributed by atoms with Crippen LogP contribution in [0.1, 0.15) is 19.4 Å². The zero-order chi connectivity index (χ0) is 11.3. The molecular weight excluding hydrogens is 190 g/mol. The van der Waals surface area contributed by atoms with Gasteiger partial charge in [-0.3, -0.25) is 0 Å². The van der Waals surface area contributed by atoms with Gasteiger partial charge in [0.05, 0.1) is 5.60 Å². The lowest BCUT2D eigenvalue weighted by Crippen LogP contribution is -2.27. The standard InChI is InChI=1S/C12H19NO2/c1-12(2,14)9-15-11-6-4-10(5-7-11)8-13-3/h4-7,13-14H,8-9H2,1-3H3. The third-order valence-electron chi connectivity index (χ3n) is 1.90. The fraction of sp³-hybridized carbons (Fsp3) is 0.500. The molecule has 0 aliphatic rings. The van der Waals surface area contributed by atoms with Gasteiger partial charge in [-0.2, -0.15) is 0 Å². The number of nitrogens with one attached hydrogen (secondary N) is 1. The molecule has 2 N–H and O–H groups in total. The molecule has 0 atom stereocenters. The van der Waals surface area contributed by atoms with Gasteiger partial charge in [-0.05, 0) is 38.6 Å². The topological polar surface area (TPSA) is 41.5 Å². The smallest absolute Gasteiger partial charge is 0.119 e. The molecule has 3 nitrogen and oxygen atoms in total. The van der Waals surface area contributed by atoms with E-state index < -0.39 is 5.60 Å². The largest absolute Gasteiger partial charge is 0.491 e. The van der Waals surface area contributed by atoms with Gasteiger partial charge < -0.3 is 15.2 Å². The number of ether oxygens (including phenoxy) is 1. The Labute approximate surface area is 91.1 Å². The van der Waals surface area contributed by atoms with Gasteiger partial charge in [0.25, 0.3) is 0 Å². The molecule has 0 saturated carbocycles. The van der Waals surface area contributed by atoms with Gasteiger partial charge in [-0.1, -0.05) is 12.1 Å². The number of hydrogen-bond acceptors (Lipinski definition) is 3. The highest BCUT2D eigenvalue weighted by molar-refractivity contribution is 5.27. The Morgan fingerprint density at radius 3 is 2.33 bits per heavy atom. The van der Waals surface area contributed by atoms with E-state index in [1.807, 2.05) is 31.3 Å². The molecule has 15 heavy (non-hydrogen) atoms. The molecule has 1 aromatic carbocycles. The van der Waals surface area contributed by atoms with Crippen molar-refractivity contribution in [1.82, 2.24) is 5.32 Å². The average Bonchev–Trinajstić information content (AvgIpc) is 2.16. The predicted octanol–water partition coefficient (Wildman–Crippen LogP) is 1.56. The molecule has 1 rings (SSSR count). The van der Waals surface area contributed by atoms with Gasteiger partial charge >= 0.3 is 0 Å². The zero-order valence-corrected chi connectivity index (χ0v) is 9.58. The summed E-state index contributed by atoms with van der Waals surface area (Å²) in [7, 11) is 1.92. The highest BCUT2D eigenvalue weighted by atomic mass is 16.5. The van der Waals surface area contributed by atoms with Gasteiger partial charge in [0.1, 0.15) is 12.4 Å². The Bertz CT molecular complexity index is 287. The van der Waals surface area contributed by atoms with E-state index >= 15 is 0 Å². The lowest BCUT2D eigenvalue weighted by Gasteiger charge is -2.17. The van der Waals surface area contributed by atoms with Crippen LogP contribution < -0.4 is 10.1 Å². The fourth-order valence-electron chi connectivity index (χ4n) is 1.17. The van der Waals surface area contributed by atoms with Crippen LogP contribution in [0.25, 0.3) is 0 Å². The SMILES string of the molecule is CNCc1ccc(OCC(C)(C)O)cc1. The molecule has 3 heteroatoms. The van der Waals surface area contributed by atoms with E-state index in [2.05, 4.69) is 5.32 Å². The number of hydrogen-bond donors (Lipinski definition) is 2. The summed E-state index contributed by atoms with van der Waals surface area (Å²) in [5.41, 5.74) is 0.428. The summed E-state index contributed by atoms with van der Waals surface area (Å²) in [4.78, 5) is 0. The summed E-state index contributed by atoms with van der Waals surface area (Å²) in [5, 5.41) is 12.6. The zero-order valence-electron chi connectivity index (χ0n) is 9.58. The Morgan fingerprint density at radius 1 is 1.27 bits per heavy atom. The molecular formula is C12H19NO2. The molecule has 0 aliphatic carbocycles. The molecule has 0 aliphatic heterocycles. The third kappa shape index (κ3) is 4.81. The number of benzene rings is 1. The Balaban J connectivity index is 2.50. The first kappa shape index (κ1) is 12.0. The van der Waals surface area contributed by atoms with Crippen LogP contribution in [-0.2, 0) is 6.54 Å². The Kier molecular flexibility index (Phi) is 4.12. The molecule has 0 radical (unpaired) electrons. The van der Waals surface area contributed by atoms with E-state index in [-0.39, 0.29) is 0 Å². The van der Waals surface area contributed by atoms with Gasteiger partial charge in [-0.25, -0.2) is 0 Å². The van der Waals surface area contributed by atoms with E-state index in [9.17, 15) is 5.11 Å². The van der Waals surface area contributed by atoms with Crippen LogP contribution in [0.3, 0.4) is 0 Å². The molecule has 0 spiro atoms. The molecule has 0 fully saturated rings. The summed E-state index contributed by atoms with van der Waals surface area (Å²) < 4.78 is 5.43. The Morgan fingerprint density at radius 2 is 1.87 bits per heavy atom. The maximum atomic E-state index is 9.48. The fourth-order valence-corrected chi connectivity index (χ4v) is 1.17. The molecule has 0 amide bonds. The van der Waals surface area contributed by atoms with Crippen molar-refractivity contribution in [2.75, 3.05) is 13.7 Å². The minimum absolute atomic E-state index is 0.304. The van der Waals surface area contributed by atoms with Gasteiger partial charge in [-0.15, -0.1) is 0 Å². The first-order valence-corrected chi connectivity index (χ1v) is 5.10. The van der Waals surface area contributed by atoms with Crippen molar-refractivity contribution in [3.63, 3.8) is 0 Å². The highest BCUT2D eigenvalue weighted by Gasteiger charge is 2.12. The highest BCUT2D eigenvalue weighted by Crippen LogP contribution is 2.14. The van der Waals surface area contributed by atoms with Crippen LogP contribution in [0, 0.1) is 0 Å². The monoisotopic (exact) mass is 209 g/mol. The second-order valence-electron chi connectivity index (χ2n) is 4.28. The Hall–Kier alpha value is -1.06. The molecule has 0 aromatic heterocycles. The van der Waals surface area contributed by atoms with E-state index in [0.29, 0.717) is 6.61 Å². The van der Waals surface area contributed by atoms with Crippen molar-refractivity contribution in [2.24, 2.45) is 0 Å². The van der Waals surface area contributed by atoms with Crippen molar-refractivity contribution in [3.8, 4) is 5.75 Å². The normalized spacial score (nSPS) is 11.5. The maximum absolute atomic E-state index is 9.48. The van der Waals surface area contributed by atoms with Crippen molar-refractivity contribution >= 4 is 0 Å². The molecule has 1 aromatic rings. The molecule has 0 heterocycles. The summed E-state index contributed by atoms with van der Waals surface area (Å²) in [6.45, 7) is 4.61. The minimum Gasteiger partial charge on any atom is -0.491 e. The predicted molar refractivity (Wildman–Crippen MR) is 61.0 cm³/mol. The van der Waals surface area contributed by atoms with Crippen molar-refractivity contribution in [2.45, 2.75) is 26.0 Å². The van der Waals surface area contributed by atoms with Crippen LogP contribution in [0.15, 0.2) is 24.3 Å². The second-order valence-corrected chi connectivity index (χ2v) is 4.28. The minimum atomic E-state index is -0.788. The molecule has 0 bridgehead atoms. The van der Waals surface area contributed by atoms with E-state index in [1.165, 1.54) is 5.56 Å². The van der Waals surface area contributed by atoms with Crippen LogP contribution >= 0.6 is 0 Å². The lowest BCUT2D eigenvalue weighted by atomic mass is 10.1. The van der Waals surface area contributed by atoms with Gasteiger partial charge in [0, 0.05) is 6.54 Å². The van der Waals surface area contributed by atoms with E-state index in [4.69, 9.17) is 4.74 Å². The summed E-state index contributed by atoms with van der Waals surface area (Å²) in [6, 6.07) is 7.85. The molecule has 0 unspecified atom stereocenters. The third-order valence-corrected chi connectivity index (χ3v) is 1.90. The molecule has 0 saturated heterocycles. The van der Waals surface area contributed by atoms with Crippen molar-refractivity contribution in [1.29, 1.82) is 0 Å². The van der Waals surface area contributed by atoms with Crippen LogP contribution in [0.4, 0.5) is 0 Å². The first-order chi connectivity index (χ1) is 7.01. The summed E-state index contributed by atoms with van der Waals surface area (Å²) in [5.74, 6) is 0.789. The van der Waals surface area contributed by atoms with Crippen LogP contribution in [-0.4, -0.2) is 24.4 Å². The summed E-state index contributed by atoms with van der Waals surface area (Å²) >= 11 is 0. The van der Waals surface area contributed by atoms with Crippen molar-refractivity contribution < 1.29 is 9.84 Å². The van der Waals surface area contributed by atoms with Crippen LogP contribution in [0.2, 0.25) is 0 Å². The van der Waals surface area contributed by atoms with Gasteiger partial charge in [0.2, 0.25) is 0 Å². The first-order valence-electron chi connectivity index (χ1n) is 5.10. The van der Waals surface area contributed by atoms with Crippen molar-refractivity contribution in [3.05, 3.63) is 29.8 Å².